The lowest BCUT2D eigenvalue weighted by Gasteiger charge is -2.52. The van der Waals surface area contributed by atoms with E-state index >= 15 is 0 Å². The predicted octanol–water partition coefficient (Wildman–Crippen LogP) is 2.31. The Morgan fingerprint density at radius 1 is 1.09 bits per heavy atom. The van der Waals surface area contributed by atoms with E-state index in [0.29, 0.717) is 0 Å². The molecule has 0 radical (unpaired) electrons. The number of hydrogen-bond donors (Lipinski definition) is 1. The van der Waals surface area contributed by atoms with Crippen LogP contribution in [0.25, 0.3) is 0 Å². The monoisotopic (exact) mass is 153 g/mol. The van der Waals surface area contributed by atoms with Crippen molar-refractivity contribution in [3.05, 3.63) is 0 Å². The summed E-state index contributed by atoms with van der Waals surface area (Å²) in [5.74, 6) is 0.891. The SMILES string of the molecule is NCC1CCC12CCCCC2. The molecular formula is C10H19N. The van der Waals surface area contributed by atoms with Gasteiger partial charge in [0, 0.05) is 0 Å². The minimum atomic E-state index is 0.743. The molecule has 1 spiro atoms. The van der Waals surface area contributed by atoms with E-state index in [1.165, 1.54) is 44.9 Å². The summed E-state index contributed by atoms with van der Waals surface area (Å²) < 4.78 is 0. The molecule has 0 aliphatic heterocycles. The number of hydrogen-bond acceptors (Lipinski definition) is 1. The average Bonchev–Trinajstić information content (AvgIpc) is 2.05. The molecule has 0 aromatic heterocycles. The third kappa shape index (κ3) is 1.10. The van der Waals surface area contributed by atoms with E-state index in [0.717, 1.165) is 17.9 Å². The molecule has 2 rings (SSSR count). The van der Waals surface area contributed by atoms with Crippen molar-refractivity contribution >= 4 is 0 Å². The van der Waals surface area contributed by atoms with Crippen LogP contribution in [0.3, 0.4) is 0 Å². The summed E-state index contributed by atoms with van der Waals surface area (Å²) in [6.45, 7) is 0.944. The van der Waals surface area contributed by atoms with Crippen molar-refractivity contribution in [2.24, 2.45) is 17.1 Å². The molecule has 2 fully saturated rings. The molecule has 0 bridgehead atoms. The Balaban J connectivity index is 1.97. The number of rotatable bonds is 1. The number of nitrogens with two attached hydrogens (primary N) is 1. The van der Waals surface area contributed by atoms with Gasteiger partial charge < -0.3 is 5.73 Å². The summed E-state index contributed by atoms with van der Waals surface area (Å²) in [7, 11) is 0. The summed E-state index contributed by atoms with van der Waals surface area (Å²) in [6, 6.07) is 0. The topological polar surface area (TPSA) is 26.0 Å². The van der Waals surface area contributed by atoms with Crippen LogP contribution in [0.2, 0.25) is 0 Å². The first-order chi connectivity index (χ1) is 5.37. The molecule has 1 nitrogen and oxygen atoms in total. The summed E-state index contributed by atoms with van der Waals surface area (Å²) in [6.07, 6.45) is 10.3. The third-order valence-corrected chi connectivity index (χ3v) is 3.99. The molecule has 0 amide bonds. The van der Waals surface area contributed by atoms with Crippen LogP contribution in [0, 0.1) is 11.3 Å². The van der Waals surface area contributed by atoms with Crippen LogP contribution in [0.4, 0.5) is 0 Å². The highest BCUT2D eigenvalue weighted by Crippen LogP contribution is 2.55. The van der Waals surface area contributed by atoms with Crippen LogP contribution in [-0.2, 0) is 0 Å². The van der Waals surface area contributed by atoms with Gasteiger partial charge in [0.05, 0.1) is 0 Å². The van der Waals surface area contributed by atoms with Crippen LogP contribution in [0.5, 0.6) is 0 Å². The van der Waals surface area contributed by atoms with Crippen molar-refractivity contribution in [1.82, 2.24) is 0 Å². The minimum absolute atomic E-state index is 0.743. The van der Waals surface area contributed by atoms with Crippen LogP contribution in [0.1, 0.15) is 44.9 Å². The van der Waals surface area contributed by atoms with Crippen molar-refractivity contribution < 1.29 is 0 Å². The molecule has 2 N–H and O–H groups in total. The average molecular weight is 153 g/mol. The fourth-order valence-corrected chi connectivity index (χ4v) is 3.04. The molecule has 64 valence electrons. The first kappa shape index (κ1) is 7.60. The lowest BCUT2D eigenvalue weighted by Crippen LogP contribution is -2.45. The maximum Gasteiger partial charge on any atom is -0.00436 e. The van der Waals surface area contributed by atoms with E-state index in [4.69, 9.17) is 5.73 Å². The molecule has 1 atom stereocenters. The quantitative estimate of drug-likeness (QED) is 0.614. The van der Waals surface area contributed by atoms with Gasteiger partial charge in [-0.15, -0.1) is 0 Å². The third-order valence-electron chi connectivity index (χ3n) is 3.99. The lowest BCUT2D eigenvalue weighted by molar-refractivity contribution is -0.00305. The fourth-order valence-electron chi connectivity index (χ4n) is 3.04. The molecule has 2 aliphatic carbocycles. The van der Waals surface area contributed by atoms with Gasteiger partial charge in [-0.25, -0.2) is 0 Å². The normalized spacial score (nSPS) is 35.2. The van der Waals surface area contributed by atoms with Crippen molar-refractivity contribution in [3.63, 3.8) is 0 Å². The zero-order valence-electron chi connectivity index (χ0n) is 7.31. The van der Waals surface area contributed by atoms with Gasteiger partial charge in [-0.05, 0) is 43.6 Å². The van der Waals surface area contributed by atoms with Gasteiger partial charge in [0.25, 0.3) is 0 Å². The summed E-state index contributed by atoms with van der Waals surface area (Å²) in [5.41, 5.74) is 6.48. The molecule has 1 unspecified atom stereocenters. The van der Waals surface area contributed by atoms with Gasteiger partial charge in [-0.3, -0.25) is 0 Å². The molecule has 0 heterocycles. The Hall–Kier alpha value is -0.0400. The first-order valence-electron chi connectivity index (χ1n) is 5.07. The van der Waals surface area contributed by atoms with Gasteiger partial charge >= 0.3 is 0 Å². The van der Waals surface area contributed by atoms with E-state index in [9.17, 15) is 0 Å². The van der Waals surface area contributed by atoms with Crippen LogP contribution in [0.15, 0.2) is 0 Å². The maximum absolute atomic E-state index is 5.74. The standard InChI is InChI=1S/C10H19N/c11-8-9-4-7-10(9)5-2-1-3-6-10/h9H,1-8,11H2. The van der Waals surface area contributed by atoms with E-state index < -0.39 is 0 Å². The van der Waals surface area contributed by atoms with Crippen molar-refractivity contribution in [3.8, 4) is 0 Å². The van der Waals surface area contributed by atoms with Crippen LogP contribution < -0.4 is 5.73 Å². The maximum atomic E-state index is 5.74. The first-order valence-corrected chi connectivity index (χ1v) is 5.07. The lowest BCUT2D eigenvalue weighted by atomic mass is 9.54. The fraction of sp³-hybridized carbons (Fsp3) is 1.00. The van der Waals surface area contributed by atoms with E-state index in [2.05, 4.69) is 0 Å². The Kier molecular flexibility index (Phi) is 1.92. The smallest absolute Gasteiger partial charge is 0.00436 e. The minimum Gasteiger partial charge on any atom is -0.330 e. The summed E-state index contributed by atoms with van der Waals surface area (Å²) in [4.78, 5) is 0. The zero-order chi connectivity index (χ0) is 7.73. The highest BCUT2D eigenvalue weighted by molar-refractivity contribution is 4.97. The molecule has 0 saturated heterocycles. The zero-order valence-corrected chi connectivity index (χ0v) is 7.31. The molecule has 2 aliphatic rings. The van der Waals surface area contributed by atoms with Gasteiger partial charge in [0.1, 0.15) is 0 Å². The largest absolute Gasteiger partial charge is 0.330 e. The van der Waals surface area contributed by atoms with E-state index in [1.807, 2.05) is 0 Å². The van der Waals surface area contributed by atoms with Crippen molar-refractivity contribution in [1.29, 1.82) is 0 Å². The van der Waals surface area contributed by atoms with Gasteiger partial charge in [-0.1, -0.05) is 19.3 Å². The van der Waals surface area contributed by atoms with Gasteiger partial charge in [0.15, 0.2) is 0 Å². The summed E-state index contributed by atoms with van der Waals surface area (Å²) in [5, 5.41) is 0. The molecule has 2 saturated carbocycles. The van der Waals surface area contributed by atoms with Crippen LogP contribution >= 0.6 is 0 Å². The molecule has 0 aromatic carbocycles. The van der Waals surface area contributed by atoms with Gasteiger partial charge in [0.2, 0.25) is 0 Å². The second-order valence-corrected chi connectivity index (χ2v) is 4.39. The van der Waals surface area contributed by atoms with Crippen molar-refractivity contribution in [2.75, 3.05) is 6.54 Å². The Morgan fingerprint density at radius 2 is 1.82 bits per heavy atom. The summed E-state index contributed by atoms with van der Waals surface area (Å²) >= 11 is 0. The molecule has 0 aromatic rings. The van der Waals surface area contributed by atoms with Crippen molar-refractivity contribution in [2.45, 2.75) is 44.9 Å². The molecular weight excluding hydrogens is 134 g/mol. The molecule has 11 heavy (non-hydrogen) atoms. The highest BCUT2D eigenvalue weighted by atomic mass is 14.6. The van der Waals surface area contributed by atoms with E-state index in [1.54, 1.807) is 0 Å². The Bertz CT molecular complexity index is 134. The second kappa shape index (κ2) is 2.78. The van der Waals surface area contributed by atoms with Crippen LogP contribution in [-0.4, -0.2) is 6.54 Å². The predicted molar refractivity (Wildman–Crippen MR) is 47.3 cm³/mol. The Morgan fingerprint density at radius 3 is 2.27 bits per heavy atom. The molecule has 1 heteroatoms. The van der Waals surface area contributed by atoms with E-state index in [-0.39, 0.29) is 0 Å². The highest BCUT2D eigenvalue weighted by Gasteiger charge is 2.45. The second-order valence-electron chi connectivity index (χ2n) is 4.39. The Labute approximate surface area is 69.4 Å². The van der Waals surface area contributed by atoms with Gasteiger partial charge in [-0.2, -0.15) is 0 Å².